The van der Waals surface area contributed by atoms with Crippen LogP contribution in [-0.4, -0.2) is 14.8 Å². The van der Waals surface area contributed by atoms with Crippen LogP contribution in [0.2, 0.25) is 0 Å². The van der Waals surface area contributed by atoms with E-state index in [-0.39, 0.29) is 0 Å². The van der Waals surface area contributed by atoms with E-state index in [1.165, 1.54) is 0 Å². The van der Waals surface area contributed by atoms with Crippen LogP contribution in [0.1, 0.15) is 5.56 Å². The van der Waals surface area contributed by atoms with E-state index in [0.29, 0.717) is 12.4 Å². The maximum absolute atomic E-state index is 5.56. The van der Waals surface area contributed by atoms with Crippen LogP contribution in [0, 0.1) is 0 Å². The van der Waals surface area contributed by atoms with Gasteiger partial charge in [0.15, 0.2) is 0 Å². The van der Waals surface area contributed by atoms with Crippen molar-refractivity contribution in [2.75, 3.05) is 11.1 Å². The summed E-state index contributed by atoms with van der Waals surface area (Å²) in [5.41, 5.74) is 6.68. The Balaban J connectivity index is 1.99. The lowest BCUT2D eigenvalue weighted by atomic mass is 10.3. The molecule has 78 valence electrons. The first-order chi connectivity index (χ1) is 7.24. The van der Waals surface area contributed by atoms with Crippen LogP contribution < -0.4 is 11.1 Å². The molecule has 0 aliphatic heterocycles. The van der Waals surface area contributed by atoms with Gasteiger partial charge in [-0.2, -0.15) is 5.10 Å². The quantitative estimate of drug-likeness (QED) is 0.781. The molecule has 3 N–H and O–H groups in total. The molecule has 2 heterocycles. The molecule has 0 aliphatic rings. The molecule has 2 aromatic rings. The van der Waals surface area contributed by atoms with Crippen molar-refractivity contribution in [3.63, 3.8) is 0 Å². The van der Waals surface area contributed by atoms with Crippen LogP contribution in [0.4, 0.5) is 11.6 Å². The van der Waals surface area contributed by atoms with Gasteiger partial charge in [-0.3, -0.25) is 4.68 Å². The summed E-state index contributed by atoms with van der Waals surface area (Å²) in [5, 5.41) is 7.25. The summed E-state index contributed by atoms with van der Waals surface area (Å²) in [5.74, 6) is 1.30. The average Bonchev–Trinajstić information content (AvgIpc) is 2.62. The van der Waals surface area contributed by atoms with Crippen LogP contribution in [0.15, 0.2) is 30.6 Å². The molecule has 2 aromatic heterocycles. The molecule has 0 saturated heterocycles. The SMILES string of the molecule is Cn1cc(CNc2cccc(N)n2)cn1. The Bertz CT molecular complexity index is 449. The van der Waals surface area contributed by atoms with E-state index in [9.17, 15) is 0 Å². The number of hydrogen-bond acceptors (Lipinski definition) is 4. The molecule has 0 spiro atoms. The molecule has 0 amide bonds. The predicted octanol–water partition coefficient (Wildman–Crippen LogP) is 1.01. The minimum absolute atomic E-state index is 0.520. The zero-order chi connectivity index (χ0) is 10.7. The number of aryl methyl sites for hydroxylation is 1. The molecule has 5 heteroatoms. The summed E-state index contributed by atoms with van der Waals surface area (Å²) in [6, 6.07) is 5.51. The molecule has 0 atom stereocenters. The van der Waals surface area contributed by atoms with Crippen molar-refractivity contribution >= 4 is 11.6 Å². The van der Waals surface area contributed by atoms with Crippen LogP contribution in [0.5, 0.6) is 0 Å². The van der Waals surface area contributed by atoms with Crippen molar-refractivity contribution in [1.82, 2.24) is 14.8 Å². The van der Waals surface area contributed by atoms with Crippen molar-refractivity contribution < 1.29 is 0 Å². The third-order valence-corrected chi connectivity index (χ3v) is 2.00. The Morgan fingerprint density at radius 1 is 1.47 bits per heavy atom. The van der Waals surface area contributed by atoms with Gasteiger partial charge < -0.3 is 11.1 Å². The van der Waals surface area contributed by atoms with Crippen LogP contribution in [-0.2, 0) is 13.6 Å². The summed E-state index contributed by atoms with van der Waals surface area (Å²) in [7, 11) is 1.89. The number of nitrogen functional groups attached to an aromatic ring is 1. The van der Waals surface area contributed by atoms with Crippen molar-refractivity contribution in [2.45, 2.75) is 6.54 Å². The summed E-state index contributed by atoms with van der Waals surface area (Å²) < 4.78 is 1.77. The number of anilines is 2. The van der Waals surface area contributed by atoms with Gasteiger partial charge in [0, 0.05) is 25.4 Å². The van der Waals surface area contributed by atoms with Gasteiger partial charge in [0.05, 0.1) is 6.20 Å². The normalized spacial score (nSPS) is 10.2. The lowest BCUT2D eigenvalue weighted by molar-refractivity contribution is 0.767. The van der Waals surface area contributed by atoms with E-state index < -0.39 is 0 Å². The second-order valence-electron chi connectivity index (χ2n) is 3.32. The maximum atomic E-state index is 5.56. The van der Waals surface area contributed by atoms with Crippen molar-refractivity contribution in [3.8, 4) is 0 Å². The zero-order valence-electron chi connectivity index (χ0n) is 8.51. The van der Waals surface area contributed by atoms with E-state index in [1.807, 2.05) is 31.6 Å². The highest BCUT2D eigenvalue weighted by atomic mass is 15.2. The summed E-state index contributed by atoms with van der Waals surface area (Å²) in [6.07, 6.45) is 3.78. The Morgan fingerprint density at radius 3 is 3.00 bits per heavy atom. The van der Waals surface area contributed by atoms with Crippen molar-refractivity contribution in [1.29, 1.82) is 0 Å². The van der Waals surface area contributed by atoms with Gasteiger partial charge in [-0.05, 0) is 12.1 Å². The first-order valence-corrected chi connectivity index (χ1v) is 4.68. The Morgan fingerprint density at radius 2 is 2.33 bits per heavy atom. The molecule has 0 aromatic carbocycles. The highest BCUT2D eigenvalue weighted by molar-refractivity contribution is 5.42. The van der Waals surface area contributed by atoms with Gasteiger partial charge in [0.25, 0.3) is 0 Å². The van der Waals surface area contributed by atoms with E-state index in [0.717, 1.165) is 11.4 Å². The van der Waals surface area contributed by atoms with Gasteiger partial charge in [0.1, 0.15) is 11.6 Å². The minimum Gasteiger partial charge on any atom is -0.384 e. The second-order valence-corrected chi connectivity index (χ2v) is 3.32. The molecule has 15 heavy (non-hydrogen) atoms. The molecule has 0 saturated carbocycles. The molecule has 0 radical (unpaired) electrons. The minimum atomic E-state index is 0.520. The number of nitrogens with two attached hydrogens (primary N) is 1. The third-order valence-electron chi connectivity index (χ3n) is 2.00. The summed E-state index contributed by atoms with van der Waals surface area (Å²) in [6.45, 7) is 0.699. The van der Waals surface area contributed by atoms with Crippen LogP contribution >= 0.6 is 0 Å². The van der Waals surface area contributed by atoms with Gasteiger partial charge in [-0.15, -0.1) is 0 Å². The number of pyridine rings is 1. The zero-order valence-corrected chi connectivity index (χ0v) is 8.51. The smallest absolute Gasteiger partial charge is 0.128 e. The summed E-state index contributed by atoms with van der Waals surface area (Å²) in [4.78, 5) is 4.13. The standard InChI is InChI=1S/C10H13N5/c1-15-7-8(6-13-15)5-12-10-4-2-3-9(11)14-10/h2-4,6-7H,5H2,1H3,(H3,11,12,14). The lowest BCUT2D eigenvalue weighted by Gasteiger charge is -2.03. The van der Waals surface area contributed by atoms with Crippen LogP contribution in [0.3, 0.4) is 0 Å². The Hall–Kier alpha value is -2.04. The van der Waals surface area contributed by atoms with Gasteiger partial charge in [-0.1, -0.05) is 6.07 Å². The van der Waals surface area contributed by atoms with E-state index >= 15 is 0 Å². The number of nitrogens with one attached hydrogen (secondary N) is 1. The third kappa shape index (κ3) is 2.46. The second kappa shape index (κ2) is 4.00. The first kappa shape index (κ1) is 9.51. The molecule has 0 aliphatic carbocycles. The van der Waals surface area contributed by atoms with E-state index in [1.54, 1.807) is 10.7 Å². The molecule has 0 fully saturated rings. The lowest BCUT2D eigenvalue weighted by Crippen LogP contribution is -2.01. The topological polar surface area (TPSA) is 68.8 Å². The van der Waals surface area contributed by atoms with E-state index in [2.05, 4.69) is 15.4 Å². The number of hydrogen-bond donors (Lipinski definition) is 2. The van der Waals surface area contributed by atoms with Crippen molar-refractivity contribution in [3.05, 3.63) is 36.2 Å². The number of rotatable bonds is 3. The fourth-order valence-corrected chi connectivity index (χ4v) is 1.31. The monoisotopic (exact) mass is 203 g/mol. The molecule has 5 nitrogen and oxygen atoms in total. The fourth-order valence-electron chi connectivity index (χ4n) is 1.31. The van der Waals surface area contributed by atoms with E-state index in [4.69, 9.17) is 5.73 Å². The van der Waals surface area contributed by atoms with Crippen molar-refractivity contribution in [2.24, 2.45) is 7.05 Å². The molecular weight excluding hydrogens is 190 g/mol. The fraction of sp³-hybridized carbons (Fsp3) is 0.200. The van der Waals surface area contributed by atoms with Gasteiger partial charge >= 0.3 is 0 Å². The highest BCUT2D eigenvalue weighted by Gasteiger charge is 1.97. The highest BCUT2D eigenvalue weighted by Crippen LogP contribution is 2.07. The average molecular weight is 203 g/mol. The largest absolute Gasteiger partial charge is 0.384 e. The molecule has 2 rings (SSSR count). The maximum Gasteiger partial charge on any atom is 0.128 e. The number of aromatic nitrogens is 3. The molecule has 0 bridgehead atoms. The van der Waals surface area contributed by atoms with Gasteiger partial charge in [-0.25, -0.2) is 4.98 Å². The predicted molar refractivity (Wildman–Crippen MR) is 59.2 cm³/mol. The Labute approximate surface area is 87.9 Å². The Kier molecular flexibility index (Phi) is 2.53. The first-order valence-electron chi connectivity index (χ1n) is 4.68. The molecule has 0 unspecified atom stereocenters. The summed E-state index contributed by atoms with van der Waals surface area (Å²) >= 11 is 0. The van der Waals surface area contributed by atoms with Gasteiger partial charge in [0.2, 0.25) is 0 Å². The number of nitrogens with zero attached hydrogens (tertiary/aromatic N) is 3. The molecular formula is C10H13N5. The van der Waals surface area contributed by atoms with Crippen LogP contribution in [0.25, 0.3) is 0 Å².